The van der Waals surface area contributed by atoms with E-state index in [0.717, 1.165) is 28.3 Å². The lowest BCUT2D eigenvalue weighted by Gasteiger charge is -2.30. The molecule has 1 aliphatic carbocycles. The van der Waals surface area contributed by atoms with Gasteiger partial charge in [-0.3, -0.25) is 9.59 Å². The van der Waals surface area contributed by atoms with Crippen molar-refractivity contribution in [3.05, 3.63) is 58.4 Å². The predicted octanol–water partition coefficient (Wildman–Crippen LogP) is 2.66. The fourth-order valence-corrected chi connectivity index (χ4v) is 5.28. The Balaban J connectivity index is 1.88. The van der Waals surface area contributed by atoms with E-state index in [1.54, 1.807) is 6.07 Å². The van der Waals surface area contributed by atoms with E-state index < -0.39 is 27.7 Å². The Morgan fingerprint density at radius 1 is 1.11 bits per heavy atom. The summed E-state index contributed by atoms with van der Waals surface area (Å²) in [5.74, 6) is -1.47. The summed E-state index contributed by atoms with van der Waals surface area (Å²) in [6.07, 6.45) is 3.00. The Hall–Kier alpha value is -2.74. The van der Waals surface area contributed by atoms with Crippen LogP contribution in [-0.2, 0) is 34.1 Å². The largest absolute Gasteiger partial charge is 0.322 e. The topological polar surface area (TPSA) is 83.6 Å². The highest BCUT2D eigenvalue weighted by molar-refractivity contribution is 7.89. The van der Waals surface area contributed by atoms with Crippen molar-refractivity contribution in [3.8, 4) is 0 Å². The summed E-state index contributed by atoms with van der Waals surface area (Å²) in [7, 11) is -2.75. The molecule has 2 aromatic carbocycles. The molecule has 8 heteroatoms. The van der Waals surface area contributed by atoms with E-state index in [9.17, 15) is 22.4 Å². The maximum Gasteiger partial charge on any atom is 0.266 e. The van der Waals surface area contributed by atoms with Crippen molar-refractivity contribution in [2.75, 3.05) is 12.4 Å². The summed E-state index contributed by atoms with van der Waals surface area (Å²) in [5.41, 5.74) is 2.55. The number of sulfonamides is 1. The van der Waals surface area contributed by atoms with Gasteiger partial charge in [0.05, 0.1) is 11.3 Å². The Bertz CT molecular complexity index is 1090. The number of aryl methyl sites for hydroxylation is 1. The molecule has 0 spiro atoms. The number of carbonyl (C=O) groups is 2. The van der Waals surface area contributed by atoms with E-state index in [2.05, 4.69) is 5.32 Å². The van der Waals surface area contributed by atoms with E-state index in [1.165, 1.54) is 31.3 Å². The summed E-state index contributed by atoms with van der Waals surface area (Å²) < 4.78 is 39.5. The number of nitrogens with one attached hydrogen (secondary N) is 1. The number of anilines is 1. The first-order valence-electron chi connectivity index (χ1n) is 9.05. The van der Waals surface area contributed by atoms with Gasteiger partial charge in [-0.15, -0.1) is 0 Å². The van der Waals surface area contributed by atoms with Crippen LogP contribution >= 0.6 is 0 Å². The number of benzene rings is 2. The number of amides is 2. The third-order valence-corrected chi connectivity index (χ3v) is 7.21. The fraction of sp³-hybridized carbons (Fsp3) is 0.300. The molecule has 6 nitrogen and oxygen atoms in total. The van der Waals surface area contributed by atoms with E-state index >= 15 is 0 Å². The number of likely N-dealkylation sites (N-methyl/N-ethyl adjacent to an activating group) is 1. The van der Waals surface area contributed by atoms with Crippen LogP contribution in [0.4, 0.5) is 10.1 Å². The molecule has 2 aliphatic rings. The van der Waals surface area contributed by atoms with Crippen molar-refractivity contribution in [2.24, 2.45) is 0 Å². The monoisotopic (exact) mass is 402 g/mol. The number of carbonyl (C=O) groups excluding carboxylic acids is 2. The predicted molar refractivity (Wildman–Crippen MR) is 101 cm³/mol. The zero-order valence-electron chi connectivity index (χ0n) is 15.3. The van der Waals surface area contributed by atoms with Crippen molar-refractivity contribution in [1.29, 1.82) is 0 Å². The zero-order chi connectivity index (χ0) is 20.1. The van der Waals surface area contributed by atoms with Gasteiger partial charge in [0, 0.05) is 18.3 Å². The van der Waals surface area contributed by atoms with Crippen molar-refractivity contribution in [2.45, 2.75) is 37.0 Å². The molecule has 1 N–H and O–H groups in total. The van der Waals surface area contributed by atoms with Crippen LogP contribution in [0.1, 0.15) is 39.9 Å². The van der Waals surface area contributed by atoms with Gasteiger partial charge in [0.2, 0.25) is 5.91 Å². The van der Waals surface area contributed by atoms with Gasteiger partial charge in [-0.2, -0.15) is 0 Å². The molecule has 0 saturated carbocycles. The number of fused-ring (bicyclic) bond motifs is 2. The lowest BCUT2D eigenvalue weighted by molar-refractivity contribution is -0.125. The minimum absolute atomic E-state index is 0.0273. The maximum absolute atomic E-state index is 13.1. The van der Waals surface area contributed by atoms with Crippen LogP contribution in [0.5, 0.6) is 0 Å². The summed E-state index contributed by atoms with van der Waals surface area (Å²) in [4.78, 5) is 25.4. The molecular formula is C20H19FN2O4S. The molecular weight excluding hydrogens is 383 g/mol. The Kier molecular flexibility index (Phi) is 4.45. The third kappa shape index (κ3) is 2.97. The molecule has 0 saturated heterocycles. The Labute approximate surface area is 162 Å². The van der Waals surface area contributed by atoms with Crippen LogP contribution in [0.2, 0.25) is 0 Å². The highest BCUT2D eigenvalue weighted by atomic mass is 32.2. The van der Waals surface area contributed by atoms with Crippen LogP contribution in [0.15, 0.2) is 35.2 Å². The molecule has 2 aromatic rings. The highest BCUT2D eigenvalue weighted by Crippen LogP contribution is 2.36. The summed E-state index contributed by atoms with van der Waals surface area (Å²) in [6.45, 7) is 0. The second kappa shape index (κ2) is 6.70. The third-order valence-electron chi connectivity index (χ3n) is 5.36. The molecule has 0 aromatic heterocycles. The van der Waals surface area contributed by atoms with Crippen molar-refractivity contribution < 1.29 is 22.4 Å². The number of rotatable bonds is 2. The summed E-state index contributed by atoms with van der Waals surface area (Å²) >= 11 is 0. The second-order valence-electron chi connectivity index (χ2n) is 7.08. The van der Waals surface area contributed by atoms with Crippen molar-refractivity contribution >= 4 is 27.5 Å². The molecule has 0 unspecified atom stereocenters. The summed E-state index contributed by atoms with van der Waals surface area (Å²) in [5, 5.41) is 2.71. The van der Waals surface area contributed by atoms with Gasteiger partial charge in [0.25, 0.3) is 15.9 Å². The van der Waals surface area contributed by atoms with E-state index in [-0.39, 0.29) is 22.4 Å². The average molecular weight is 402 g/mol. The van der Waals surface area contributed by atoms with E-state index in [0.29, 0.717) is 18.5 Å². The smallest absolute Gasteiger partial charge is 0.266 e. The zero-order valence-corrected chi connectivity index (χ0v) is 16.1. The molecule has 2 amide bonds. The van der Waals surface area contributed by atoms with Crippen LogP contribution in [0, 0.1) is 5.82 Å². The van der Waals surface area contributed by atoms with Crippen molar-refractivity contribution in [3.63, 3.8) is 0 Å². The van der Waals surface area contributed by atoms with Gasteiger partial charge in [-0.25, -0.2) is 17.1 Å². The lowest BCUT2D eigenvalue weighted by atomic mass is 9.84. The van der Waals surface area contributed by atoms with Crippen LogP contribution in [-0.4, -0.2) is 31.6 Å². The number of nitrogens with zero attached hydrogens (tertiary/aromatic N) is 1. The molecule has 0 atom stereocenters. The fourth-order valence-electron chi connectivity index (χ4n) is 3.87. The quantitative estimate of drug-likeness (QED) is 0.837. The molecule has 0 fully saturated rings. The second-order valence-corrected chi connectivity index (χ2v) is 9.01. The molecule has 4 rings (SSSR count). The first kappa shape index (κ1) is 18.6. The SMILES string of the molecule is CN1C(=O)Cc2c(cc3c(c2C(=O)Nc2ccc(F)cc2)CCCC3)S1(=O)=O. The lowest BCUT2D eigenvalue weighted by Crippen LogP contribution is -2.40. The van der Waals surface area contributed by atoms with Gasteiger partial charge in [-0.05, 0) is 72.7 Å². The van der Waals surface area contributed by atoms with Gasteiger partial charge in [-0.1, -0.05) is 0 Å². The molecule has 146 valence electrons. The van der Waals surface area contributed by atoms with Gasteiger partial charge in [0.1, 0.15) is 5.82 Å². The molecule has 28 heavy (non-hydrogen) atoms. The van der Waals surface area contributed by atoms with Crippen LogP contribution in [0.3, 0.4) is 0 Å². The number of halogens is 1. The molecule has 1 aliphatic heterocycles. The minimum atomic E-state index is -3.98. The normalized spacial score (nSPS) is 17.6. The Morgan fingerprint density at radius 2 is 1.79 bits per heavy atom. The van der Waals surface area contributed by atoms with Crippen LogP contribution < -0.4 is 5.32 Å². The number of hydrogen-bond donors (Lipinski definition) is 1. The standard InChI is InChI=1S/C20H19FN2O4S/c1-23-18(24)11-16-17(28(23,26)27)10-12-4-2-3-5-15(12)19(16)20(25)22-14-8-6-13(21)7-9-14/h6-10H,2-5,11H2,1H3,(H,22,25). The van der Waals surface area contributed by atoms with Crippen LogP contribution in [0.25, 0.3) is 0 Å². The van der Waals surface area contributed by atoms with Gasteiger partial charge < -0.3 is 5.32 Å². The molecule has 0 bridgehead atoms. The Morgan fingerprint density at radius 3 is 2.50 bits per heavy atom. The molecule has 0 radical (unpaired) electrons. The molecule has 1 heterocycles. The van der Waals surface area contributed by atoms with Gasteiger partial charge >= 0.3 is 0 Å². The first-order chi connectivity index (χ1) is 13.3. The maximum atomic E-state index is 13.1. The average Bonchev–Trinajstić information content (AvgIpc) is 2.67. The first-order valence-corrected chi connectivity index (χ1v) is 10.5. The van der Waals surface area contributed by atoms with Crippen molar-refractivity contribution in [1.82, 2.24) is 4.31 Å². The van der Waals surface area contributed by atoms with E-state index in [4.69, 9.17) is 0 Å². The number of hydrogen-bond acceptors (Lipinski definition) is 4. The summed E-state index contributed by atoms with van der Waals surface area (Å²) in [6, 6.07) is 6.95. The highest BCUT2D eigenvalue weighted by Gasteiger charge is 2.38. The minimum Gasteiger partial charge on any atom is -0.322 e. The van der Waals surface area contributed by atoms with E-state index in [1.807, 2.05) is 0 Å². The van der Waals surface area contributed by atoms with Gasteiger partial charge in [0.15, 0.2) is 0 Å².